The third-order valence-electron chi connectivity index (χ3n) is 5.36. The quantitative estimate of drug-likeness (QED) is 0.339. The molecule has 0 saturated heterocycles. The van der Waals surface area contributed by atoms with Gasteiger partial charge in [-0.05, 0) is 35.7 Å². The first-order valence-corrected chi connectivity index (χ1v) is 10.5. The second-order valence-electron chi connectivity index (χ2n) is 7.49. The van der Waals surface area contributed by atoms with Gasteiger partial charge in [0.05, 0.1) is 18.2 Å². The number of fused-ring (bicyclic) bond motifs is 1. The maximum absolute atomic E-state index is 12.0. The second-order valence-corrected chi connectivity index (χ2v) is 7.49. The van der Waals surface area contributed by atoms with Gasteiger partial charge in [0.2, 0.25) is 12.3 Å². The molecular weight excluding hydrogens is 422 g/mol. The van der Waals surface area contributed by atoms with Crippen LogP contribution >= 0.6 is 0 Å². The molecule has 166 valence electrons. The normalized spacial score (nSPS) is 13.7. The summed E-state index contributed by atoms with van der Waals surface area (Å²) in [6.45, 7) is 0.466. The van der Waals surface area contributed by atoms with E-state index in [0.717, 1.165) is 23.2 Å². The number of aromatic nitrogens is 4. The van der Waals surface area contributed by atoms with E-state index in [9.17, 15) is 9.90 Å². The lowest BCUT2D eigenvalue weighted by molar-refractivity contribution is 0.0946. The fraction of sp³-hybridized carbons (Fsp3) is 0.174. The molecule has 0 bridgehead atoms. The minimum absolute atomic E-state index is 0.0644. The number of carbonyl (C=O) groups excluding carboxylic acids is 1. The van der Waals surface area contributed by atoms with Crippen molar-refractivity contribution < 1.29 is 14.3 Å². The number of amides is 1. The lowest BCUT2D eigenvalue weighted by Gasteiger charge is -2.20. The Morgan fingerprint density at radius 2 is 2.03 bits per heavy atom. The van der Waals surface area contributed by atoms with Gasteiger partial charge in [-0.1, -0.05) is 30.3 Å². The molecule has 0 radical (unpaired) electrons. The van der Waals surface area contributed by atoms with Crippen molar-refractivity contribution in [2.75, 3.05) is 23.8 Å². The van der Waals surface area contributed by atoms with Crippen LogP contribution in [0, 0.1) is 0 Å². The molecule has 4 N–H and O–H groups in total. The number of hydrogen-bond donors (Lipinski definition) is 4. The van der Waals surface area contributed by atoms with Crippen LogP contribution in [-0.4, -0.2) is 44.3 Å². The number of hydrogen-bond acceptors (Lipinski definition) is 9. The van der Waals surface area contributed by atoms with Gasteiger partial charge < -0.3 is 25.5 Å². The number of nitrogens with one attached hydrogen (secondary N) is 3. The van der Waals surface area contributed by atoms with Crippen molar-refractivity contribution in [3.63, 3.8) is 0 Å². The number of carbonyl (C=O) groups is 1. The summed E-state index contributed by atoms with van der Waals surface area (Å²) in [6.07, 6.45) is 3.57. The summed E-state index contributed by atoms with van der Waals surface area (Å²) in [5.41, 5.74) is 3.82. The molecule has 0 unspecified atom stereocenters. The Morgan fingerprint density at radius 1 is 1.15 bits per heavy atom. The highest BCUT2D eigenvalue weighted by Crippen LogP contribution is 2.29. The molecule has 1 aliphatic heterocycles. The molecule has 0 aliphatic carbocycles. The topological polar surface area (TPSA) is 138 Å². The number of anilines is 3. The summed E-state index contributed by atoms with van der Waals surface area (Å²) < 4.78 is 5.35. The number of benzene rings is 2. The number of rotatable bonds is 7. The second kappa shape index (κ2) is 9.05. The average molecular weight is 443 g/mol. The highest BCUT2D eigenvalue weighted by Gasteiger charge is 2.20. The molecule has 1 aliphatic rings. The summed E-state index contributed by atoms with van der Waals surface area (Å²) in [4.78, 5) is 21.0. The minimum atomic E-state index is -0.405. The Hall–Kier alpha value is -4.31. The van der Waals surface area contributed by atoms with Crippen LogP contribution in [0.4, 0.5) is 17.5 Å². The van der Waals surface area contributed by atoms with Crippen molar-refractivity contribution in [3.8, 4) is 11.5 Å². The molecule has 1 amide bonds. The van der Waals surface area contributed by atoms with Crippen LogP contribution in [0.3, 0.4) is 0 Å². The van der Waals surface area contributed by atoms with Gasteiger partial charge in [0.1, 0.15) is 5.82 Å². The average Bonchev–Trinajstić information content (AvgIpc) is 3.38. The third kappa shape index (κ3) is 4.37. The van der Waals surface area contributed by atoms with Gasteiger partial charge in [0.25, 0.3) is 11.8 Å². The van der Waals surface area contributed by atoms with Crippen LogP contribution in [0.5, 0.6) is 0 Å². The Bertz CT molecular complexity index is 1260. The molecule has 2 aromatic heterocycles. The van der Waals surface area contributed by atoms with Crippen molar-refractivity contribution in [3.05, 3.63) is 77.8 Å². The van der Waals surface area contributed by atoms with Gasteiger partial charge in [-0.25, -0.2) is 4.98 Å². The zero-order valence-electron chi connectivity index (χ0n) is 17.5. The summed E-state index contributed by atoms with van der Waals surface area (Å²) in [5.74, 6) is 0.960. The van der Waals surface area contributed by atoms with Gasteiger partial charge in [-0.2, -0.15) is 4.98 Å². The predicted molar refractivity (Wildman–Crippen MR) is 121 cm³/mol. The predicted octanol–water partition coefficient (Wildman–Crippen LogP) is 2.70. The van der Waals surface area contributed by atoms with Crippen molar-refractivity contribution in [1.29, 1.82) is 0 Å². The van der Waals surface area contributed by atoms with Crippen LogP contribution < -0.4 is 16.0 Å². The SMILES string of the molecule is O=C1NCCc2cc(Nc3ncc(-c4nnco4)c(N[C@H](CO)c4ccccc4)n3)ccc21. The summed E-state index contributed by atoms with van der Waals surface area (Å²) in [6, 6.07) is 14.7. The monoisotopic (exact) mass is 443 g/mol. The molecule has 0 fully saturated rings. The van der Waals surface area contributed by atoms with E-state index < -0.39 is 6.04 Å². The highest BCUT2D eigenvalue weighted by atomic mass is 16.4. The maximum Gasteiger partial charge on any atom is 0.252 e. The Morgan fingerprint density at radius 3 is 2.82 bits per heavy atom. The first-order chi connectivity index (χ1) is 16.2. The van der Waals surface area contributed by atoms with E-state index in [2.05, 4.69) is 36.1 Å². The number of aliphatic hydroxyl groups is 1. The van der Waals surface area contributed by atoms with E-state index in [4.69, 9.17) is 4.42 Å². The molecule has 0 saturated carbocycles. The summed E-state index contributed by atoms with van der Waals surface area (Å²) in [7, 11) is 0. The van der Waals surface area contributed by atoms with Crippen LogP contribution in [0.1, 0.15) is 27.5 Å². The molecule has 5 rings (SSSR count). The fourth-order valence-corrected chi connectivity index (χ4v) is 3.72. The molecule has 3 heterocycles. The van der Waals surface area contributed by atoms with Gasteiger partial charge in [-0.15, -0.1) is 10.2 Å². The maximum atomic E-state index is 12.0. The number of aliphatic hydroxyl groups excluding tert-OH is 1. The van der Waals surface area contributed by atoms with Gasteiger partial charge in [0, 0.05) is 24.0 Å². The van der Waals surface area contributed by atoms with Crippen LogP contribution in [0.15, 0.2) is 65.5 Å². The smallest absolute Gasteiger partial charge is 0.252 e. The fourth-order valence-electron chi connectivity index (χ4n) is 3.72. The largest absolute Gasteiger partial charge is 0.423 e. The standard InChI is InChI=1S/C23H21N7O3/c31-12-19(14-4-2-1-3-5-14)28-20-18(22-30-26-13-33-22)11-25-23(29-20)27-16-6-7-17-15(10-16)8-9-24-21(17)32/h1-7,10-11,13,19,31H,8-9,12H2,(H,24,32)(H2,25,27,28,29)/t19-/m1/s1. The molecular formula is C23H21N7O3. The van der Waals surface area contributed by atoms with Crippen molar-refractivity contribution in [1.82, 2.24) is 25.5 Å². The van der Waals surface area contributed by atoms with Gasteiger partial charge in [-0.3, -0.25) is 4.79 Å². The molecule has 0 spiro atoms. The van der Waals surface area contributed by atoms with Gasteiger partial charge >= 0.3 is 0 Å². The molecule has 10 heteroatoms. The molecule has 2 aromatic carbocycles. The van der Waals surface area contributed by atoms with Crippen molar-refractivity contribution in [2.45, 2.75) is 12.5 Å². The summed E-state index contributed by atoms with van der Waals surface area (Å²) >= 11 is 0. The van der Waals surface area contributed by atoms with Crippen LogP contribution in [0.25, 0.3) is 11.5 Å². The van der Waals surface area contributed by atoms with Crippen LogP contribution in [-0.2, 0) is 6.42 Å². The third-order valence-corrected chi connectivity index (χ3v) is 5.36. The Kier molecular flexibility index (Phi) is 5.64. The summed E-state index contributed by atoms with van der Waals surface area (Å²) in [5, 5.41) is 27.0. The number of nitrogens with zero attached hydrogens (tertiary/aromatic N) is 4. The molecule has 33 heavy (non-hydrogen) atoms. The Labute approximate surface area is 189 Å². The Balaban J connectivity index is 1.46. The van der Waals surface area contributed by atoms with Crippen molar-refractivity contribution in [2.24, 2.45) is 0 Å². The minimum Gasteiger partial charge on any atom is -0.423 e. The first-order valence-electron chi connectivity index (χ1n) is 10.5. The first kappa shape index (κ1) is 20.6. The zero-order valence-corrected chi connectivity index (χ0v) is 17.5. The lowest BCUT2D eigenvalue weighted by Crippen LogP contribution is -2.31. The van der Waals surface area contributed by atoms with E-state index in [-0.39, 0.29) is 18.4 Å². The molecule has 4 aromatic rings. The van der Waals surface area contributed by atoms with Gasteiger partial charge in [0.15, 0.2) is 0 Å². The van der Waals surface area contributed by atoms with E-state index in [1.807, 2.05) is 42.5 Å². The van der Waals surface area contributed by atoms with Crippen LogP contribution in [0.2, 0.25) is 0 Å². The zero-order chi connectivity index (χ0) is 22.6. The van der Waals surface area contributed by atoms with E-state index in [0.29, 0.717) is 29.4 Å². The molecule has 10 nitrogen and oxygen atoms in total. The molecule has 1 atom stereocenters. The lowest BCUT2D eigenvalue weighted by atomic mass is 10.00. The van der Waals surface area contributed by atoms with Crippen molar-refractivity contribution >= 4 is 23.4 Å². The van der Waals surface area contributed by atoms with E-state index in [1.165, 1.54) is 6.39 Å². The highest BCUT2D eigenvalue weighted by molar-refractivity contribution is 5.97. The van der Waals surface area contributed by atoms with E-state index >= 15 is 0 Å². The van der Waals surface area contributed by atoms with E-state index in [1.54, 1.807) is 12.3 Å².